The number of carbonyl (C=O) groups is 1. The Hall–Kier alpha value is -2.30. The van der Waals surface area contributed by atoms with Crippen LogP contribution in [-0.4, -0.2) is 28.3 Å². The fourth-order valence-electron chi connectivity index (χ4n) is 3.31. The van der Waals surface area contributed by atoms with Crippen LogP contribution in [0.1, 0.15) is 48.7 Å². The van der Waals surface area contributed by atoms with Gasteiger partial charge in [0.15, 0.2) is 6.61 Å². The molecule has 1 heterocycles. The van der Waals surface area contributed by atoms with Crippen LogP contribution in [0.3, 0.4) is 0 Å². The Bertz CT molecular complexity index is 764. The molecule has 0 spiro atoms. The minimum atomic E-state index is -0.0673. The molecule has 0 saturated heterocycles. The topological polar surface area (TPSA) is 56.1 Å². The molecule has 0 radical (unpaired) electrons. The van der Waals surface area contributed by atoms with Crippen LogP contribution in [0.5, 0.6) is 5.75 Å². The highest BCUT2D eigenvalue weighted by atomic mass is 16.5. The number of rotatable bonds is 5. The van der Waals surface area contributed by atoms with E-state index in [1.807, 2.05) is 31.3 Å². The first-order chi connectivity index (χ1) is 11.9. The Morgan fingerprint density at radius 2 is 2.16 bits per heavy atom. The summed E-state index contributed by atoms with van der Waals surface area (Å²) >= 11 is 0. The van der Waals surface area contributed by atoms with Gasteiger partial charge in [-0.1, -0.05) is 6.07 Å². The lowest BCUT2D eigenvalue weighted by Gasteiger charge is -2.25. The summed E-state index contributed by atoms with van der Waals surface area (Å²) in [6.07, 6.45) is 4.72. The SMILES string of the molecule is Cc1ccc(OCC(=O)N[C@@H]2CCc3cnn(C(C)C)c3C2)cc1C. The molecule has 5 heteroatoms. The molecule has 1 aromatic heterocycles. The zero-order valence-corrected chi connectivity index (χ0v) is 15.5. The number of hydrogen-bond donors (Lipinski definition) is 1. The number of carbonyl (C=O) groups excluding carboxylic acids is 1. The smallest absolute Gasteiger partial charge is 0.258 e. The minimum absolute atomic E-state index is 0.0509. The number of aryl methyl sites for hydroxylation is 3. The van der Waals surface area contributed by atoms with Gasteiger partial charge in [-0.15, -0.1) is 0 Å². The van der Waals surface area contributed by atoms with E-state index in [1.165, 1.54) is 22.4 Å². The molecule has 0 aliphatic heterocycles. The number of fused-ring (bicyclic) bond motifs is 1. The molecule has 1 N–H and O–H groups in total. The van der Waals surface area contributed by atoms with Gasteiger partial charge >= 0.3 is 0 Å². The van der Waals surface area contributed by atoms with E-state index >= 15 is 0 Å². The van der Waals surface area contributed by atoms with Crippen molar-refractivity contribution in [2.45, 2.75) is 59.0 Å². The lowest BCUT2D eigenvalue weighted by Crippen LogP contribution is -2.41. The third kappa shape index (κ3) is 4.03. The highest BCUT2D eigenvalue weighted by Gasteiger charge is 2.24. The van der Waals surface area contributed by atoms with Crippen molar-refractivity contribution in [3.05, 3.63) is 46.8 Å². The highest BCUT2D eigenvalue weighted by molar-refractivity contribution is 5.77. The van der Waals surface area contributed by atoms with Gasteiger partial charge < -0.3 is 10.1 Å². The standard InChI is InChI=1S/C20H27N3O2/c1-13(2)23-19-10-17(7-6-16(19)11-21-23)22-20(24)12-25-18-8-5-14(3)15(4)9-18/h5,8-9,11,13,17H,6-7,10,12H2,1-4H3,(H,22,24)/t17-/m1/s1. The van der Waals surface area contributed by atoms with Crippen LogP contribution in [0.4, 0.5) is 0 Å². The number of amides is 1. The second-order valence-electron chi connectivity index (χ2n) is 7.20. The summed E-state index contributed by atoms with van der Waals surface area (Å²) in [5.41, 5.74) is 4.95. The molecule has 0 unspecified atom stereocenters. The van der Waals surface area contributed by atoms with Crippen LogP contribution in [0.25, 0.3) is 0 Å². The van der Waals surface area contributed by atoms with E-state index in [0.29, 0.717) is 6.04 Å². The molecule has 5 nitrogen and oxygen atoms in total. The second-order valence-corrected chi connectivity index (χ2v) is 7.20. The number of hydrogen-bond acceptors (Lipinski definition) is 3. The summed E-state index contributed by atoms with van der Waals surface area (Å²) in [5, 5.41) is 7.59. The van der Waals surface area contributed by atoms with Gasteiger partial charge in [0.05, 0.1) is 6.20 Å². The van der Waals surface area contributed by atoms with Crippen molar-refractivity contribution in [3.8, 4) is 5.75 Å². The number of aromatic nitrogens is 2. The van der Waals surface area contributed by atoms with Crippen molar-refractivity contribution in [1.29, 1.82) is 0 Å². The van der Waals surface area contributed by atoms with Crippen LogP contribution in [-0.2, 0) is 17.6 Å². The molecule has 1 amide bonds. The van der Waals surface area contributed by atoms with Crippen molar-refractivity contribution >= 4 is 5.91 Å². The molecule has 0 bridgehead atoms. The van der Waals surface area contributed by atoms with Gasteiger partial charge in [-0.3, -0.25) is 9.48 Å². The van der Waals surface area contributed by atoms with Crippen LogP contribution in [0.2, 0.25) is 0 Å². The zero-order valence-electron chi connectivity index (χ0n) is 15.5. The summed E-state index contributed by atoms with van der Waals surface area (Å²) in [7, 11) is 0. The van der Waals surface area contributed by atoms with Crippen molar-refractivity contribution in [1.82, 2.24) is 15.1 Å². The Morgan fingerprint density at radius 1 is 1.36 bits per heavy atom. The van der Waals surface area contributed by atoms with Crippen LogP contribution < -0.4 is 10.1 Å². The van der Waals surface area contributed by atoms with E-state index in [2.05, 4.69) is 35.9 Å². The Labute approximate surface area is 149 Å². The lowest BCUT2D eigenvalue weighted by molar-refractivity contribution is -0.123. The van der Waals surface area contributed by atoms with E-state index in [4.69, 9.17) is 4.74 Å². The fraction of sp³-hybridized carbons (Fsp3) is 0.500. The Morgan fingerprint density at radius 3 is 2.88 bits per heavy atom. The van der Waals surface area contributed by atoms with E-state index in [0.717, 1.165) is 25.0 Å². The Kier molecular flexibility index (Phi) is 5.11. The summed E-state index contributed by atoms with van der Waals surface area (Å²) in [6, 6.07) is 6.38. The zero-order chi connectivity index (χ0) is 18.0. The first kappa shape index (κ1) is 17.5. The van der Waals surface area contributed by atoms with Gasteiger partial charge in [0.2, 0.25) is 0 Å². The maximum absolute atomic E-state index is 12.2. The number of nitrogens with zero attached hydrogens (tertiary/aromatic N) is 2. The van der Waals surface area contributed by atoms with Crippen LogP contribution in [0, 0.1) is 13.8 Å². The van der Waals surface area contributed by atoms with Gasteiger partial charge in [-0.2, -0.15) is 5.10 Å². The molecule has 2 aromatic rings. The molecule has 0 fully saturated rings. The summed E-state index contributed by atoms with van der Waals surface area (Å²) in [4.78, 5) is 12.2. The molecule has 1 aliphatic carbocycles. The average Bonchev–Trinajstić information content (AvgIpc) is 2.99. The predicted molar refractivity (Wildman–Crippen MR) is 98.0 cm³/mol. The first-order valence-corrected chi connectivity index (χ1v) is 8.98. The molecule has 1 atom stereocenters. The van der Waals surface area contributed by atoms with Crippen molar-refractivity contribution in [3.63, 3.8) is 0 Å². The van der Waals surface area contributed by atoms with Crippen molar-refractivity contribution in [2.75, 3.05) is 6.61 Å². The average molecular weight is 341 g/mol. The number of nitrogens with one attached hydrogen (secondary N) is 1. The Balaban J connectivity index is 1.55. The monoisotopic (exact) mass is 341 g/mol. The molecule has 25 heavy (non-hydrogen) atoms. The van der Waals surface area contributed by atoms with Crippen molar-refractivity contribution < 1.29 is 9.53 Å². The van der Waals surface area contributed by atoms with E-state index in [1.54, 1.807) is 0 Å². The van der Waals surface area contributed by atoms with Gasteiger partial charge in [0.25, 0.3) is 5.91 Å². The van der Waals surface area contributed by atoms with Gasteiger partial charge in [0, 0.05) is 24.2 Å². The van der Waals surface area contributed by atoms with Crippen molar-refractivity contribution in [2.24, 2.45) is 0 Å². The van der Waals surface area contributed by atoms with Gasteiger partial charge in [-0.25, -0.2) is 0 Å². The second kappa shape index (κ2) is 7.30. The minimum Gasteiger partial charge on any atom is -0.484 e. The molecular weight excluding hydrogens is 314 g/mol. The third-order valence-corrected chi connectivity index (χ3v) is 4.89. The van der Waals surface area contributed by atoms with Crippen LogP contribution >= 0.6 is 0 Å². The first-order valence-electron chi connectivity index (χ1n) is 8.98. The summed E-state index contributed by atoms with van der Waals surface area (Å²) < 4.78 is 7.70. The highest BCUT2D eigenvalue weighted by Crippen LogP contribution is 2.23. The predicted octanol–water partition coefficient (Wildman–Crippen LogP) is 3.13. The number of benzene rings is 1. The lowest BCUT2D eigenvalue weighted by atomic mass is 9.93. The normalized spacial score (nSPS) is 16.6. The van der Waals surface area contributed by atoms with Gasteiger partial charge in [0.1, 0.15) is 5.75 Å². The van der Waals surface area contributed by atoms with Crippen LogP contribution in [0.15, 0.2) is 24.4 Å². The third-order valence-electron chi connectivity index (χ3n) is 4.89. The van der Waals surface area contributed by atoms with E-state index in [-0.39, 0.29) is 18.6 Å². The fourth-order valence-corrected chi connectivity index (χ4v) is 3.31. The maximum atomic E-state index is 12.2. The largest absolute Gasteiger partial charge is 0.484 e. The molecular formula is C20H27N3O2. The molecule has 3 rings (SSSR count). The quantitative estimate of drug-likeness (QED) is 0.909. The molecule has 1 aromatic carbocycles. The van der Waals surface area contributed by atoms with Gasteiger partial charge in [-0.05, 0) is 69.4 Å². The summed E-state index contributed by atoms with van der Waals surface area (Å²) in [5.74, 6) is 0.671. The molecule has 134 valence electrons. The summed E-state index contributed by atoms with van der Waals surface area (Å²) in [6.45, 7) is 8.42. The van der Waals surface area contributed by atoms with E-state index < -0.39 is 0 Å². The van der Waals surface area contributed by atoms with E-state index in [9.17, 15) is 4.79 Å². The molecule has 1 aliphatic rings. The number of ether oxygens (including phenoxy) is 1. The maximum Gasteiger partial charge on any atom is 0.258 e. The molecule has 0 saturated carbocycles.